The molecule has 6 nitrogen and oxygen atoms in total. The monoisotopic (exact) mass is 445 g/mol. The third kappa shape index (κ3) is 6.44. The fourth-order valence-electron chi connectivity index (χ4n) is 2.97. The van der Waals surface area contributed by atoms with Crippen molar-refractivity contribution in [1.82, 2.24) is 4.90 Å². The second-order valence-electron chi connectivity index (χ2n) is 6.65. The fourth-order valence-corrected chi connectivity index (χ4v) is 3.46. The molecule has 0 bridgehead atoms. The molecule has 0 spiro atoms. The number of halogens is 1. The summed E-state index contributed by atoms with van der Waals surface area (Å²) in [6.07, 6.45) is 1.07. The van der Waals surface area contributed by atoms with E-state index in [0.717, 1.165) is 23.1 Å². The second kappa shape index (κ2) is 10.4. The number of benzene rings is 2. The zero-order chi connectivity index (χ0) is 19.8. The van der Waals surface area contributed by atoms with Gasteiger partial charge in [-0.15, -0.1) is 0 Å². The SMILES string of the molecule is O=C(CCc1ccccc1Br)Nc1ccc(NC(=O)CN2CCOCC2)cc1. The third-order valence-electron chi connectivity index (χ3n) is 4.50. The Bertz CT molecular complexity index is 805. The zero-order valence-corrected chi connectivity index (χ0v) is 17.2. The molecule has 7 heteroatoms. The Hall–Kier alpha value is -2.22. The molecule has 1 saturated heterocycles. The quantitative estimate of drug-likeness (QED) is 0.685. The first kappa shape index (κ1) is 20.5. The predicted molar refractivity (Wildman–Crippen MR) is 113 cm³/mol. The molecule has 2 aromatic rings. The Balaban J connectivity index is 1.43. The summed E-state index contributed by atoms with van der Waals surface area (Å²) in [4.78, 5) is 26.4. The average molecular weight is 446 g/mol. The van der Waals surface area contributed by atoms with Gasteiger partial charge >= 0.3 is 0 Å². The van der Waals surface area contributed by atoms with Crippen LogP contribution in [0.15, 0.2) is 53.0 Å². The minimum absolute atomic E-state index is 0.0418. The molecule has 0 radical (unpaired) electrons. The van der Waals surface area contributed by atoms with Gasteiger partial charge in [-0.05, 0) is 42.3 Å². The van der Waals surface area contributed by atoms with Gasteiger partial charge in [-0.1, -0.05) is 34.1 Å². The van der Waals surface area contributed by atoms with Crippen molar-refractivity contribution in [2.45, 2.75) is 12.8 Å². The van der Waals surface area contributed by atoms with Crippen LogP contribution in [0.3, 0.4) is 0 Å². The second-order valence-corrected chi connectivity index (χ2v) is 7.51. The normalized spacial score (nSPS) is 14.5. The molecule has 0 aromatic heterocycles. The van der Waals surface area contributed by atoms with Gasteiger partial charge in [-0.25, -0.2) is 0 Å². The highest BCUT2D eigenvalue weighted by Gasteiger charge is 2.14. The van der Waals surface area contributed by atoms with Crippen LogP contribution in [0.2, 0.25) is 0 Å². The lowest BCUT2D eigenvalue weighted by Crippen LogP contribution is -2.41. The summed E-state index contributed by atoms with van der Waals surface area (Å²) in [6.45, 7) is 3.25. The highest BCUT2D eigenvalue weighted by Crippen LogP contribution is 2.18. The van der Waals surface area contributed by atoms with Crippen molar-refractivity contribution in [1.29, 1.82) is 0 Å². The molecule has 0 atom stereocenters. The number of carbonyl (C=O) groups is 2. The van der Waals surface area contributed by atoms with Crippen LogP contribution in [0.4, 0.5) is 11.4 Å². The zero-order valence-electron chi connectivity index (χ0n) is 15.6. The van der Waals surface area contributed by atoms with Gasteiger partial charge in [0.1, 0.15) is 0 Å². The minimum atomic E-state index is -0.0490. The van der Waals surface area contributed by atoms with Crippen molar-refractivity contribution in [2.24, 2.45) is 0 Å². The Morgan fingerprint density at radius 2 is 1.54 bits per heavy atom. The molecule has 2 amide bonds. The molecule has 28 heavy (non-hydrogen) atoms. The number of amides is 2. The van der Waals surface area contributed by atoms with E-state index < -0.39 is 0 Å². The molecule has 0 aliphatic carbocycles. The maximum absolute atomic E-state index is 12.2. The van der Waals surface area contributed by atoms with E-state index in [0.29, 0.717) is 44.0 Å². The number of anilines is 2. The molecule has 0 saturated carbocycles. The van der Waals surface area contributed by atoms with Gasteiger partial charge in [-0.2, -0.15) is 0 Å². The van der Waals surface area contributed by atoms with Crippen molar-refractivity contribution in [3.63, 3.8) is 0 Å². The van der Waals surface area contributed by atoms with Gasteiger partial charge in [0.05, 0.1) is 19.8 Å². The van der Waals surface area contributed by atoms with Gasteiger partial charge < -0.3 is 15.4 Å². The number of rotatable bonds is 7. The Morgan fingerprint density at radius 1 is 0.929 bits per heavy atom. The van der Waals surface area contributed by atoms with Crippen LogP contribution in [0.1, 0.15) is 12.0 Å². The number of carbonyl (C=O) groups excluding carboxylic acids is 2. The first-order chi connectivity index (χ1) is 13.6. The highest BCUT2D eigenvalue weighted by atomic mass is 79.9. The number of hydrogen-bond acceptors (Lipinski definition) is 4. The first-order valence-corrected chi connectivity index (χ1v) is 10.1. The summed E-state index contributed by atoms with van der Waals surface area (Å²) in [6, 6.07) is 15.1. The van der Waals surface area contributed by atoms with E-state index in [-0.39, 0.29) is 11.8 Å². The van der Waals surface area contributed by atoms with E-state index in [4.69, 9.17) is 4.74 Å². The lowest BCUT2D eigenvalue weighted by Gasteiger charge is -2.25. The van der Waals surface area contributed by atoms with Crippen molar-refractivity contribution in [3.05, 3.63) is 58.6 Å². The maximum atomic E-state index is 12.2. The van der Waals surface area contributed by atoms with Crippen LogP contribution in [-0.2, 0) is 20.7 Å². The molecule has 2 aromatic carbocycles. The summed E-state index contributed by atoms with van der Waals surface area (Å²) >= 11 is 3.50. The molecule has 0 unspecified atom stereocenters. The summed E-state index contributed by atoms with van der Waals surface area (Å²) in [5, 5.41) is 5.77. The predicted octanol–water partition coefficient (Wildman–Crippen LogP) is 3.29. The van der Waals surface area contributed by atoms with Gasteiger partial charge in [0, 0.05) is 35.4 Å². The first-order valence-electron chi connectivity index (χ1n) is 9.33. The van der Waals surface area contributed by atoms with E-state index in [1.165, 1.54) is 0 Å². The van der Waals surface area contributed by atoms with E-state index in [1.54, 1.807) is 24.3 Å². The summed E-state index contributed by atoms with van der Waals surface area (Å²) in [5.41, 5.74) is 2.53. The van der Waals surface area contributed by atoms with Crippen molar-refractivity contribution in [3.8, 4) is 0 Å². The number of ether oxygens (including phenoxy) is 1. The van der Waals surface area contributed by atoms with Crippen LogP contribution in [-0.4, -0.2) is 49.6 Å². The Morgan fingerprint density at radius 3 is 2.18 bits per heavy atom. The molecule has 1 heterocycles. The summed E-state index contributed by atoms with van der Waals surface area (Å²) in [5.74, 6) is -0.0908. The molecular formula is C21H24BrN3O3. The van der Waals surface area contributed by atoms with Gasteiger partial charge in [0.2, 0.25) is 11.8 Å². The van der Waals surface area contributed by atoms with Crippen molar-refractivity contribution < 1.29 is 14.3 Å². The van der Waals surface area contributed by atoms with E-state index in [9.17, 15) is 9.59 Å². The molecule has 1 aliphatic rings. The standard InChI is InChI=1S/C21H24BrN3O3/c22-19-4-2-1-3-16(19)5-10-20(26)23-17-6-8-18(9-7-17)24-21(27)15-25-11-13-28-14-12-25/h1-4,6-9H,5,10-15H2,(H,23,26)(H,24,27). The van der Waals surface area contributed by atoms with E-state index >= 15 is 0 Å². The van der Waals surface area contributed by atoms with Gasteiger partial charge in [-0.3, -0.25) is 14.5 Å². The van der Waals surface area contributed by atoms with E-state index in [1.807, 2.05) is 24.3 Å². The van der Waals surface area contributed by atoms with Crippen LogP contribution >= 0.6 is 15.9 Å². The Kier molecular flexibility index (Phi) is 7.59. The van der Waals surface area contributed by atoms with Crippen LogP contribution in [0, 0.1) is 0 Å². The van der Waals surface area contributed by atoms with Crippen LogP contribution in [0.5, 0.6) is 0 Å². The van der Waals surface area contributed by atoms with Crippen LogP contribution < -0.4 is 10.6 Å². The van der Waals surface area contributed by atoms with Crippen LogP contribution in [0.25, 0.3) is 0 Å². The highest BCUT2D eigenvalue weighted by molar-refractivity contribution is 9.10. The number of nitrogens with one attached hydrogen (secondary N) is 2. The minimum Gasteiger partial charge on any atom is -0.379 e. The molecule has 1 fully saturated rings. The molecule has 2 N–H and O–H groups in total. The smallest absolute Gasteiger partial charge is 0.238 e. The maximum Gasteiger partial charge on any atom is 0.238 e. The lowest BCUT2D eigenvalue weighted by atomic mass is 10.1. The summed E-state index contributed by atoms with van der Waals surface area (Å²) < 4.78 is 6.30. The third-order valence-corrected chi connectivity index (χ3v) is 5.28. The van der Waals surface area contributed by atoms with Crippen molar-refractivity contribution in [2.75, 3.05) is 43.5 Å². The number of hydrogen-bond donors (Lipinski definition) is 2. The average Bonchev–Trinajstić information content (AvgIpc) is 2.69. The summed E-state index contributed by atoms with van der Waals surface area (Å²) in [7, 11) is 0. The van der Waals surface area contributed by atoms with Gasteiger partial charge in [0.25, 0.3) is 0 Å². The number of aryl methyl sites for hydroxylation is 1. The molecular weight excluding hydrogens is 422 g/mol. The molecule has 3 rings (SSSR count). The lowest BCUT2D eigenvalue weighted by molar-refractivity contribution is -0.118. The van der Waals surface area contributed by atoms with Crippen molar-refractivity contribution >= 4 is 39.1 Å². The molecule has 1 aliphatic heterocycles. The number of morpholine rings is 1. The van der Waals surface area contributed by atoms with Gasteiger partial charge in [0.15, 0.2) is 0 Å². The molecule has 148 valence electrons. The van der Waals surface area contributed by atoms with E-state index in [2.05, 4.69) is 31.5 Å². The fraction of sp³-hybridized carbons (Fsp3) is 0.333. The Labute approximate surface area is 173 Å². The largest absolute Gasteiger partial charge is 0.379 e. The number of nitrogens with zero attached hydrogens (tertiary/aromatic N) is 1. The topological polar surface area (TPSA) is 70.7 Å².